The van der Waals surface area contributed by atoms with E-state index in [1.165, 1.54) is 5.56 Å². The van der Waals surface area contributed by atoms with Crippen molar-refractivity contribution in [2.45, 2.75) is 0 Å². The molecule has 2 heteroatoms. The van der Waals surface area contributed by atoms with E-state index in [4.69, 9.17) is 9.47 Å². The molecule has 1 rings (SSSR count). The Bertz CT molecular complexity index is 242. The normalized spacial score (nSPS) is 10.8. The summed E-state index contributed by atoms with van der Waals surface area (Å²) >= 11 is 0. The number of benzene rings is 1. The summed E-state index contributed by atoms with van der Waals surface area (Å²) in [6.07, 6.45) is 3.99. The first kappa shape index (κ1) is 9.96. The van der Waals surface area contributed by atoms with Crippen LogP contribution in [0.25, 0.3) is 6.08 Å². The lowest BCUT2D eigenvalue weighted by molar-refractivity contribution is -0.0184. The summed E-state index contributed by atoms with van der Waals surface area (Å²) in [6, 6.07) is 10.1. The van der Waals surface area contributed by atoms with Gasteiger partial charge in [0, 0.05) is 7.11 Å². The maximum Gasteiger partial charge on any atom is 0.146 e. The summed E-state index contributed by atoms with van der Waals surface area (Å²) in [5, 5.41) is 0. The van der Waals surface area contributed by atoms with Crippen molar-refractivity contribution in [1.82, 2.24) is 0 Å². The third-order valence-electron chi connectivity index (χ3n) is 1.53. The summed E-state index contributed by atoms with van der Waals surface area (Å²) in [7, 11) is 1.61. The van der Waals surface area contributed by atoms with Crippen LogP contribution in [0.5, 0.6) is 0 Å². The average molecular weight is 178 g/mol. The topological polar surface area (TPSA) is 18.5 Å². The SMILES string of the molecule is COCOC/C=C/c1ccccc1. The molecule has 0 aliphatic heterocycles. The van der Waals surface area contributed by atoms with Crippen molar-refractivity contribution in [2.24, 2.45) is 0 Å². The van der Waals surface area contributed by atoms with Crippen LogP contribution < -0.4 is 0 Å². The second kappa shape index (κ2) is 6.40. The Morgan fingerprint density at radius 1 is 1.23 bits per heavy atom. The lowest BCUT2D eigenvalue weighted by Gasteiger charge is -1.96. The van der Waals surface area contributed by atoms with E-state index in [1.807, 2.05) is 42.5 Å². The maximum atomic E-state index is 5.10. The van der Waals surface area contributed by atoms with E-state index < -0.39 is 0 Å². The van der Waals surface area contributed by atoms with Gasteiger partial charge in [0.1, 0.15) is 6.79 Å². The predicted octanol–water partition coefficient (Wildman–Crippen LogP) is 2.32. The van der Waals surface area contributed by atoms with E-state index in [2.05, 4.69) is 0 Å². The molecule has 0 bridgehead atoms. The van der Waals surface area contributed by atoms with Gasteiger partial charge in [-0.1, -0.05) is 42.5 Å². The number of hydrogen-bond acceptors (Lipinski definition) is 2. The molecule has 0 amide bonds. The van der Waals surface area contributed by atoms with Gasteiger partial charge in [0.15, 0.2) is 0 Å². The average Bonchev–Trinajstić information content (AvgIpc) is 2.19. The fraction of sp³-hybridized carbons (Fsp3) is 0.273. The molecule has 70 valence electrons. The highest BCUT2D eigenvalue weighted by Gasteiger charge is 1.82. The highest BCUT2D eigenvalue weighted by molar-refractivity contribution is 5.48. The zero-order chi connectivity index (χ0) is 9.36. The van der Waals surface area contributed by atoms with Crippen LogP contribution in [0.1, 0.15) is 5.56 Å². The van der Waals surface area contributed by atoms with Crippen LogP contribution in [0.15, 0.2) is 36.4 Å². The Balaban J connectivity index is 2.25. The van der Waals surface area contributed by atoms with Gasteiger partial charge in [-0.15, -0.1) is 0 Å². The third kappa shape index (κ3) is 4.45. The van der Waals surface area contributed by atoms with Gasteiger partial charge in [-0.3, -0.25) is 0 Å². The van der Waals surface area contributed by atoms with E-state index >= 15 is 0 Å². The van der Waals surface area contributed by atoms with E-state index in [-0.39, 0.29) is 0 Å². The summed E-state index contributed by atoms with van der Waals surface area (Å²) in [6.45, 7) is 0.932. The van der Waals surface area contributed by atoms with Crippen LogP contribution in [0, 0.1) is 0 Å². The smallest absolute Gasteiger partial charge is 0.146 e. The fourth-order valence-corrected chi connectivity index (χ4v) is 0.948. The Morgan fingerprint density at radius 3 is 2.69 bits per heavy atom. The highest BCUT2D eigenvalue weighted by atomic mass is 16.7. The van der Waals surface area contributed by atoms with Crippen LogP contribution in [0.2, 0.25) is 0 Å². The molecule has 13 heavy (non-hydrogen) atoms. The van der Waals surface area contributed by atoms with Crippen LogP contribution in [0.4, 0.5) is 0 Å². The Hall–Kier alpha value is -1.12. The molecule has 1 aromatic rings. The second-order valence-corrected chi connectivity index (χ2v) is 2.59. The van der Waals surface area contributed by atoms with Gasteiger partial charge in [0.2, 0.25) is 0 Å². The zero-order valence-corrected chi connectivity index (χ0v) is 7.77. The Labute approximate surface area is 78.8 Å². The summed E-state index contributed by atoms with van der Waals surface area (Å²) in [5.74, 6) is 0. The minimum Gasteiger partial charge on any atom is -0.359 e. The molecule has 0 saturated heterocycles. The van der Waals surface area contributed by atoms with Crippen LogP contribution in [0.3, 0.4) is 0 Å². The highest BCUT2D eigenvalue weighted by Crippen LogP contribution is 2.00. The molecular formula is C11H14O2. The van der Waals surface area contributed by atoms with Crippen LogP contribution in [-0.4, -0.2) is 20.5 Å². The van der Waals surface area contributed by atoms with Crippen molar-refractivity contribution in [2.75, 3.05) is 20.5 Å². The third-order valence-corrected chi connectivity index (χ3v) is 1.53. The lowest BCUT2D eigenvalue weighted by atomic mass is 10.2. The number of methoxy groups -OCH3 is 1. The fourth-order valence-electron chi connectivity index (χ4n) is 0.948. The van der Waals surface area contributed by atoms with Crippen molar-refractivity contribution < 1.29 is 9.47 Å². The van der Waals surface area contributed by atoms with E-state index in [1.54, 1.807) is 7.11 Å². The van der Waals surface area contributed by atoms with Crippen molar-refractivity contribution in [1.29, 1.82) is 0 Å². The molecule has 0 fully saturated rings. The number of ether oxygens (including phenoxy) is 2. The molecule has 0 N–H and O–H groups in total. The van der Waals surface area contributed by atoms with Crippen molar-refractivity contribution in [3.63, 3.8) is 0 Å². The zero-order valence-electron chi connectivity index (χ0n) is 7.77. The van der Waals surface area contributed by atoms with Crippen molar-refractivity contribution >= 4 is 6.08 Å². The molecule has 0 spiro atoms. The van der Waals surface area contributed by atoms with Crippen molar-refractivity contribution in [3.05, 3.63) is 42.0 Å². The maximum absolute atomic E-state index is 5.10. The van der Waals surface area contributed by atoms with Crippen LogP contribution >= 0.6 is 0 Å². The van der Waals surface area contributed by atoms with Gasteiger partial charge in [0.05, 0.1) is 6.61 Å². The quantitative estimate of drug-likeness (QED) is 0.509. The van der Waals surface area contributed by atoms with Crippen molar-refractivity contribution in [3.8, 4) is 0 Å². The van der Waals surface area contributed by atoms with Gasteiger partial charge in [0.25, 0.3) is 0 Å². The first-order valence-electron chi connectivity index (χ1n) is 4.22. The molecule has 2 nitrogen and oxygen atoms in total. The minimum atomic E-state index is 0.346. The summed E-state index contributed by atoms with van der Waals surface area (Å²) < 4.78 is 9.83. The molecule has 0 atom stereocenters. The molecule has 0 aromatic heterocycles. The van der Waals surface area contributed by atoms with Gasteiger partial charge in [-0.2, -0.15) is 0 Å². The molecule has 0 aliphatic carbocycles. The molecule has 1 aromatic carbocycles. The van der Waals surface area contributed by atoms with Gasteiger partial charge < -0.3 is 9.47 Å². The first-order valence-corrected chi connectivity index (χ1v) is 4.22. The standard InChI is InChI=1S/C11H14O2/c1-12-10-13-9-5-8-11-6-3-2-4-7-11/h2-8H,9-10H2,1H3/b8-5+. The largest absolute Gasteiger partial charge is 0.359 e. The first-order chi connectivity index (χ1) is 6.43. The molecule has 0 saturated carbocycles. The number of hydrogen-bond donors (Lipinski definition) is 0. The van der Waals surface area contributed by atoms with Gasteiger partial charge in [-0.25, -0.2) is 0 Å². The molecular weight excluding hydrogens is 164 g/mol. The minimum absolute atomic E-state index is 0.346. The lowest BCUT2D eigenvalue weighted by Crippen LogP contribution is -1.95. The van der Waals surface area contributed by atoms with Crippen LogP contribution in [-0.2, 0) is 9.47 Å². The van der Waals surface area contributed by atoms with E-state index in [9.17, 15) is 0 Å². The molecule has 0 unspecified atom stereocenters. The molecule has 0 radical (unpaired) electrons. The molecule has 0 heterocycles. The molecule has 0 aliphatic rings. The Morgan fingerprint density at radius 2 is 2.00 bits per heavy atom. The van der Waals surface area contributed by atoms with Gasteiger partial charge >= 0.3 is 0 Å². The van der Waals surface area contributed by atoms with Gasteiger partial charge in [-0.05, 0) is 5.56 Å². The summed E-state index contributed by atoms with van der Waals surface area (Å²) in [4.78, 5) is 0. The van der Waals surface area contributed by atoms with E-state index in [0.29, 0.717) is 13.4 Å². The Kier molecular flexibility index (Phi) is 4.91. The van der Waals surface area contributed by atoms with E-state index in [0.717, 1.165) is 0 Å². The monoisotopic (exact) mass is 178 g/mol. The second-order valence-electron chi connectivity index (χ2n) is 2.59. The predicted molar refractivity (Wildman–Crippen MR) is 53.3 cm³/mol. The summed E-state index contributed by atoms with van der Waals surface area (Å²) in [5.41, 5.74) is 1.18. The number of rotatable bonds is 5.